The zero-order valence-electron chi connectivity index (χ0n) is 18.4. The Balaban J connectivity index is 1.70. The largest absolute Gasteiger partial charge is 0.454 e. The summed E-state index contributed by atoms with van der Waals surface area (Å²) in [5, 5.41) is 13.5. The fraction of sp³-hybridized carbons (Fsp3) is 0.304. The Bertz CT molecular complexity index is 1110. The quantitative estimate of drug-likeness (QED) is 0.281. The second-order valence-corrected chi connectivity index (χ2v) is 8.09. The molecule has 0 radical (unpaired) electrons. The summed E-state index contributed by atoms with van der Waals surface area (Å²) in [5.74, 6) is -2.83. The van der Waals surface area contributed by atoms with Crippen LogP contribution in [0.5, 0.6) is 0 Å². The van der Waals surface area contributed by atoms with Crippen LogP contribution < -0.4 is 5.32 Å². The molecule has 2 aromatic rings. The number of rotatable bonds is 8. The Morgan fingerprint density at radius 2 is 1.70 bits per heavy atom. The lowest BCUT2D eigenvalue weighted by Gasteiger charge is -2.25. The van der Waals surface area contributed by atoms with E-state index in [1.54, 1.807) is 19.1 Å². The Kier molecular flexibility index (Phi) is 6.86. The number of fused-ring (bicyclic) bond motifs is 1. The topological polar surface area (TPSA) is 136 Å². The van der Waals surface area contributed by atoms with Gasteiger partial charge in [0, 0.05) is 17.3 Å². The summed E-state index contributed by atoms with van der Waals surface area (Å²) in [6.45, 7) is 4.54. The van der Waals surface area contributed by atoms with E-state index in [0.717, 1.165) is 4.90 Å². The highest BCUT2D eigenvalue weighted by Crippen LogP contribution is 2.27. The first-order chi connectivity index (χ1) is 15.6. The molecule has 10 heteroatoms. The average Bonchev–Trinajstić information content (AvgIpc) is 3.02. The summed E-state index contributed by atoms with van der Waals surface area (Å²) < 4.78 is 5.12. The molecule has 0 aliphatic carbocycles. The minimum Gasteiger partial charge on any atom is -0.454 e. The first-order valence-electron chi connectivity index (χ1n) is 10.3. The number of ether oxygens (including phenoxy) is 1. The van der Waals surface area contributed by atoms with Crippen molar-refractivity contribution in [2.75, 3.05) is 11.9 Å². The predicted molar refractivity (Wildman–Crippen MR) is 118 cm³/mol. The molecule has 10 nitrogen and oxygen atoms in total. The lowest BCUT2D eigenvalue weighted by Crippen LogP contribution is -2.46. The van der Waals surface area contributed by atoms with Gasteiger partial charge in [-0.05, 0) is 37.5 Å². The molecule has 1 atom stereocenters. The molecule has 0 saturated heterocycles. The summed E-state index contributed by atoms with van der Waals surface area (Å²) in [7, 11) is 0. The maximum absolute atomic E-state index is 12.8. The van der Waals surface area contributed by atoms with Crippen molar-refractivity contribution in [2.45, 2.75) is 33.2 Å². The number of anilines is 1. The van der Waals surface area contributed by atoms with Crippen LogP contribution in [0.1, 0.15) is 46.5 Å². The normalized spacial score (nSPS) is 13.6. The van der Waals surface area contributed by atoms with E-state index in [-0.39, 0.29) is 34.8 Å². The fourth-order valence-corrected chi connectivity index (χ4v) is 3.56. The third kappa shape index (κ3) is 5.05. The predicted octanol–water partition coefficient (Wildman–Crippen LogP) is 3.10. The molecule has 33 heavy (non-hydrogen) atoms. The van der Waals surface area contributed by atoms with Gasteiger partial charge in [0.05, 0.1) is 16.1 Å². The summed E-state index contributed by atoms with van der Waals surface area (Å²) in [6.07, 6.45) is 0.163. The van der Waals surface area contributed by atoms with Crippen LogP contribution in [0.4, 0.5) is 11.4 Å². The van der Waals surface area contributed by atoms with E-state index < -0.39 is 41.3 Å². The number of nitrogens with one attached hydrogen (secondary N) is 1. The van der Waals surface area contributed by atoms with Gasteiger partial charge in [0.15, 0.2) is 6.61 Å². The smallest absolute Gasteiger partial charge is 0.329 e. The van der Waals surface area contributed by atoms with Gasteiger partial charge >= 0.3 is 5.97 Å². The lowest BCUT2D eigenvalue weighted by atomic mass is 10.0. The van der Waals surface area contributed by atoms with Gasteiger partial charge < -0.3 is 10.1 Å². The number of hydrogen-bond donors (Lipinski definition) is 1. The Labute approximate surface area is 189 Å². The maximum atomic E-state index is 12.8. The number of nitrogens with zero attached hydrogens (tertiary/aromatic N) is 2. The van der Waals surface area contributed by atoms with E-state index >= 15 is 0 Å². The number of carbonyl (C=O) groups excluding carboxylic acids is 4. The molecule has 1 aliphatic rings. The van der Waals surface area contributed by atoms with E-state index in [2.05, 4.69) is 5.32 Å². The van der Waals surface area contributed by atoms with Crippen LogP contribution >= 0.6 is 0 Å². The van der Waals surface area contributed by atoms with Crippen LogP contribution in [0.15, 0.2) is 42.5 Å². The van der Waals surface area contributed by atoms with Crippen LogP contribution in [0.3, 0.4) is 0 Å². The SMILES string of the molecule is Cc1ccc(NC(=O)COC(=O)[C@H](CC(C)C)N2C(=O)c3ccccc3C2=O)cc1[N+](=O)[O-]. The third-order valence-corrected chi connectivity index (χ3v) is 5.14. The van der Waals surface area contributed by atoms with Crippen molar-refractivity contribution in [3.63, 3.8) is 0 Å². The molecule has 0 saturated carbocycles. The zero-order valence-corrected chi connectivity index (χ0v) is 18.4. The molecular formula is C23H23N3O7. The van der Waals surface area contributed by atoms with Gasteiger partial charge in [0.2, 0.25) is 0 Å². The third-order valence-electron chi connectivity index (χ3n) is 5.14. The average molecular weight is 453 g/mol. The second-order valence-electron chi connectivity index (χ2n) is 8.09. The molecule has 1 heterocycles. The standard InChI is InChI=1S/C23H23N3O7/c1-13(2)10-19(25-21(28)16-6-4-5-7-17(16)22(25)29)23(30)33-12-20(27)24-15-9-8-14(3)18(11-15)26(31)32/h4-9,11,13,19H,10,12H2,1-3H3,(H,24,27)/t19-/m0/s1. The van der Waals surface area contributed by atoms with Gasteiger partial charge in [-0.3, -0.25) is 29.4 Å². The molecule has 0 spiro atoms. The second kappa shape index (κ2) is 9.60. The van der Waals surface area contributed by atoms with Gasteiger partial charge in [-0.15, -0.1) is 0 Å². The number of benzene rings is 2. The molecule has 0 unspecified atom stereocenters. The number of imide groups is 1. The van der Waals surface area contributed by atoms with Crippen molar-refractivity contribution in [1.82, 2.24) is 4.90 Å². The van der Waals surface area contributed by atoms with Crippen molar-refractivity contribution >= 4 is 35.1 Å². The highest BCUT2D eigenvalue weighted by atomic mass is 16.6. The fourth-order valence-electron chi connectivity index (χ4n) is 3.56. The summed E-state index contributed by atoms with van der Waals surface area (Å²) in [6, 6.07) is 9.28. The molecule has 1 aliphatic heterocycles. The van der Waals surface area contributed by atoms with Gasteiger partial charge in [0.1, 0.15) is 6.04 Å². The molecule has 0 fully saturated rings. The van der Waals surface area contributed by atoms with Gasteiger partial charge in [-0.1, -0.05) is 32.0 Å². The Hall–Kier alpha value is -4.08. The van der Waals surface area contributed by atoms with E-state index in [0.29, 0.717) is 5.56 Å². The van der Waals surface area contributed by atoms with E-state index in [4.69, 9.17) is 4.74 Å². The summed E-state index contributed by atoms with van der Waals surface area (Å²) in [5.41, 5.74) is 0.868. The number of carbonyl (C=O) groups is 4. The molecular weight excluding hydrogens is 430 g/mol. The highest BCUT2D eigenvalue weighted by Gasteiger charge is 2.43. The Morgan fingerprint density at radius 1 is 1.09 bits per heavy atom. The van der Waals surface area contributed by atoms with Crippen molar-refractivity contribution in [3.05, 3.63) is 69.3 Å². The van der Waals surface area contributed by atoms with Crippen molar-refractivity contribution in [2.24, 2.45) is 5.92 Å². The lowest BCUT2D eigenvalue weighted by molar-refractivity contribution is -0.385. The number of hydrogen-bond acceptors (Lipinski definition) is 7. The molecule has 3 amide bonds. The van der Waals surface area contributed by atoms with Gasteiger partial charge in [-0.25, -0.2) is 4.79 Å². The van der Waals surface area contributed by atoms with Crippen LogP contribution in [-0.4, -0.2) is 46.2 Å². The molecule has 0 aromatic heterocycles. The number of esters is 1. The van der Waals surface area contributed by atoms with Crippen molar-refractivity contribution in [1.29, 1.82) is 0 Å². The minimum absolute atomic E-state index is 0.0474. The van der Waals surface area contributed by atoms with Crippen LogP contribution in [0.25, 0.3) is 0 Å². The van der Waals surface area contributed by atoms with Crippen LogP contribution in [0.2, 0.25) is 0 Å². The van der Waals surface area contributed by atoms with Crippen LogP contribution in [-0.2, 0) is 14.3 Å². The first kappa shape index (κ1) is 23.6. The highest BCUT2D eigenvalue weighted by molar-refractivity contribution is 6.22. The number of aryl methyl sites for hydroxylation is 1. The van der Waals surface area contributed by atoms with E-state index in [1.165, 1.54) is 30.3 Å². The molecule has 3 rings (SSSR count). The minimum atomic E-state index is -1.19. The van der Waals surface area contributed by atoms with Gasteiger partial charge in [-0.2, -0.15) is 0 Å². The first-order valence-corrected chi connectivity index (χ1v) is 10.3. The van der Waals surface area contributed by atoms with Crippen LogP contribution in [0, 0.1) is 23.0 Å². The number of nitro groups is 1. The van der Waals surface area contributed by atoms with Crippen molar-refractivity contribution < 1.29 is 28.8 Å². The molecule has 0 bridgehead atoms. The molecule has 2 aromatic carbocycles. The summed E-state index contributed by atoms with van der Waals surface area (Å²) >= 11 is 0. The monoisotopic (exact) mass is 453 g/mol. The van der Waals surface area contributed by atoms with Gasteiger partial charge in [0.25, 0.3) is 23.4 Å². The number of nitro benzene ring substituents is 1. The maximum Gasteiger partial charge on any atom is 0.329 e. The molecule has 172 valence electrons. The Morgan fingerprint density at radius 3 is 2.24 bits per heavy atom. The molecule has 1 N–H and O–H groups in total. The van der Waals surface area contributed by atoms with E-state index in [1.807, 2.05) is 13.8 Å². The number of amides is 3. The summed E-state index contributed by atoms with van der Waals surface area (Å²) in [4.78, 5) is 62.0. The zero-order chi connectivity index (χ0) is 24.3. The van der Waals surface area contributed by atoms with Crippen molar-refractivity contribution in [3.8, 4) is 0 Å². The van der Waals surface area contributed by atoms with E-state index in [9.17, 15) is 29.3 Å².